The zero-order valence-electron chi connectivity index (χ0n) is 28.0. The summed E-state index contributed by atoms with van der Waals surface area (Å²) in [4.78, 5) is 16.0. The van der Waals surface area contributed by atoms with Crippen LogP contribution in [0.1, 0.15) is 0 Å². The van der Waals surface area contributed by atoms with Gasteiger partial charge in [0.15, 0.2) is 0 Å². The minimum atomic E-state index is 0.647. The third kappa shape index (κ3) is 4.20. The maximum Gasteiger partial charge on any atom is 0.235 e. The summed E-state index contributed by atoms with van der Waals surface area (Å²) in [5.41, 5.74) is 9.22. The van der Waals surface area contributed by atoms with Gasteiger partial charge in [-0.15, -0.1) is 0 Å². The molecule has 0 bridgehead atoms. The molecule has 3 aromatic heterocycles. The standard InChI is InChI=1S/C47H29N5/c1-4-14-31(15-5-1)43-38-21-10-12-22-39(38)48-47(50-43)52-40-23-13-11-20-34(40)36-28-27-35-37(45(36)52)26-24-30-25-29-41-44(42(30)35)49-46(32-16-6-2-7-17-32)51(41)33-18-8-3-9-19-33/h1-29H. The largest absolute Gasteiger partial charge is 0.292 e. The fourth-order valence-corrected chi connectivity index (χ4v) is 8.03. The molecular formula is C47H29N5. The van der Waals surface area contributed by atoms with Gasteiger partial charge in [-0.05, 0) is 41.1 Å². The van der Waals surface area contributed by atoms with Crippen molar-refractivity contribution in [3.05, 3.63) is 176 Å². The number of hydrogen-bond acceptors (Lipinski definition) is 3. The number of rotatable bonds is 4. The molecule has 0 aliphatic heterocycles. The van der Waals surface area contributed by atoms with Crippen LogP contribution < -0.4 is 0 Å². The fraction of sp³-hybridized carbons (Fsp3) is 0. The summed E-state index contributed by atoms with van der Waals surface area (Å²) in [6.45, 7) is 0. The second-order valence-corrected chi connectivity index (χ2v) is 13.2. The topological polar surface area (TPSA) is 48.5 Å². The Morgan fingerprint density at radius 1 is 0.385 bits per heavy atom. The smallest absolute Gasteiger partial charge is 0.235 e. The van der Waals surface area contributed by atoms with Crippen LogP contribution in [0.15, 0.2) is 176 Å². The molecule has 11 rings (SSSR count). The number of para-hydroxylation sites is 3. The summed E-state index contributed by atoms with van der Waals surface area (Å²) in [7, 11) is 0. The van der Waals surface area contributed by atoms with E-state index in [9.17, 15) is 0 Å². The van der Waals surface area contributed by atoms with E-state index in [0.717, 1.165) is 93.6 Å². The highest BCUT2D eigenvalue weighted by Crippen LogP contribution is 2.41. The summed E-state index contributed by atoms with van der Waals surface area (Å²) in [6, 6.07) is 61.7. The summed E-state index contributed by atoms with van der Waals surface area (Å²) in [5.74, 6) is 1.56. The van der Waals surface area contributed by atoms with Gasteiger partial charge in [-0.1, -0.05) is 146 Å². The predicted molar refractivity (Wildman–Crippen MR) is 214 cm³/mol. The van der Waals surface area contributed by atoms with Crippen LogP contribution in [0.4, 0.5) is 0 Å². The number of imidazole rings is 1. The Bertz CT molecular complexity index is 3160. The van der Waals surface area contributed by atoms with Gasteiger partial charge in [0.05, 0.1) is 33.3 Å². The van der Waals surface area contributed by atoms with Gasteiger partial charge in [-0.2, -0.15) is 0 Å². The second kappa shape index (κ2) is 11.2. The molecule has 0 saturated carbocycles. The van der Waals surface area contributed by atoms with Gasteiger partial charge < -0.3 is 0 Å². The Kier molecular flexibility index (Phi) is 6.18. The van der Waals surface area contributed by atoms with Crippen LogP contribution in [0.5, 0.6) is 0 Å². The van der Waals surface area contributed by atoms with Crippen LogP contribution in [0, 0.1) is 0 Å². The Morgan fingerprint density at radius 2 is 1.00 bits per heavy atom. The van der Waals surface area contributed by atoms with Crippen molar-refractivity contribution in [1.29, 1.82) is 0 Å². The Hall–Kier alpha value is -7.11. The van der Waals surface area contributed by atoms with Crippen LogP contribution in [0.2, 0.25) is 0 Å². The van der Waals surface area contributed by atoms with E-state index in [1.165, 1.54) is 0 Å². The monoisotopic (exact) mass is 663 g/mol. The number of aromatic nitrogens is 5. The van der Waals surface area contributed by atoms with Crippen molar-refractivity contribution in [1.82, 2.24) is 24.1 Å². The van der Waals surface area contributed by atoms with E-state index in [-0.39, 0.29) is 0 Å². The fourth-order valence-electron chi connectivity index (χ4n) is 8.03. The molecule has 3 heterocycles. The Balaban J connectivity index is 1.27. The zero-order valence-corrected chi connectivity index (χ0v) is 28.0. The molecule has 11 aromatic rings. The number of benzene rings is 8. The van der Waals surface area contributed by atoms with Gasteiger partial charge in [0, 0.05) is 43.7 Å². The maximum atomic E-state index is 5.45. The van der Waals surface area contributed by atoms with Crippen molar-refractivity contribution < 1.29 is 0 Å². The van der Waals surface area contributed by atoms with E-state index in [0.29, 0.717) is 5.95 Å². The van der Waals surface area contributed by atoms with E-state index >= 15 is 0 Å². The molecule has 0 spiro atoms. The summed E-state index contributed by atoms with van der Waals surface area (Å²) in [6.07, 6.45) is 0. The van der Waals surface area contributed by atoms with E-state index in [1.807, 2.05) is 18.2 Å². The first-order valence-electron chi connectivity index (χ1n) is 17.6. The predicted octanol–water partition coefficient (Wildman–Crippen LogP) is 11.7. The number of fused-ring (bicyclic) bond motifs is 10. The van der Waals surface area contributed by atoms with Crippen molar-refractivity contribution >= 4 is 65.3 Å². The van der Waals surface area contributed by atoms with E-state index < -0.39 is 0 Å². The quantitative estimate of drug-likeness (QED) is 0.176. The molecule has 0 amide bonds. The summed E-state index contributed by atoms with van der Waals surface area (Å²) >= 11 is 0. The van der Waals surface area contributed by atoms with Gasteiger partial charge in [0.25, 0.3) is 0 Å². The minimum absolute atomic E-state index is 0.647. The lowest BCUT2D eigenvalue weighted by Crippen LogP contribution is -2.03. The van der Waals surface area contributed by atoms with Gasteiger partial charge in [0.1, 0.15) is 5.82 Å². The molecule has 52 heavy (non-hydrogen) atoms. The normalized spacial score (nSPS) is 11.8. The van der Waals surface area contributed by atoms with Crippen LogP contribution in [-0.2, 0) is 0 Å². The Labute approximate surface area is 298 Å². The molecule has 5 nitrogen and oxygen atoms in total. The van der Waals surface area contributed by atoms with Crippen LogP contribution >= 0.6 is 0 Å². The van der Waals surface area contributed by atoms with E-state index in [4.69, 9.17) is 15.0 Å². The van der Waals surface area contributed by atoms with Gasteiger partial charge in [-0.25, -0.2) is 15.0 Å². The first kappa shape index (κ1) is 28.7. The molecule has 0 N–H and O–H groups in total. The first-order chi connectivity index (χ1) is 25.8. The molecule has 0 unspecified atom stereocenters. The van der Waals surface area contributed by atoms with E-state index in [2.05, 4.69) is 167 Å². The highest BCUT2D eigenvalue weighted by Gasteiger charge is 2.22. The van der Waals surface area contributed by atoms with Crippen molar-refractivity contribution in [2.75, 3.05) is 0 Å². The Morgan fingerprint density at radius 3 is 1.81 bits per heavy atom. The highest BCUT2D eigenvalue weighted by molar-refractivity contribution is 6.26. The van der Waals surface area contributed by atoms with Crippen LogP contribution in [-0.4, -0.2) is 24.1 Å². The average Bonchev–Trinajstić information content (AvgIpc) is 3.78. The lowest BCUT2D eigenvalue weighted by Gasteiger charge is -2.13. The minimum Gasteiger partial charge on any atom is -0.292 e. The second-order valence-electron chi connectivity index (χ2n) is 13.2. The highest BCUT2D eigenvalue weighted by atomic mass is 15.2. The summed E-state index contributed by atoms with van der Waals surface area (Å²) in [5, 5.41) is 7.89. The third-order valence-corrected chi connectivity index (χ3v) is 10.3. The molecule has 0 fully saturated rings. The van der Waals surface area contributed by atoms with E-state index in [1.54, 1.807) is 0 Å². The molecule has 0 atom stereocenters. The molecule has 0 saturated heterocycles. The van der Waals surface area contributed by atoms with Gasteiger partial charge in [-0.3, -0.25) is 9.13 Å². The molecule has 0 radical (unpaired) electrons. The van der Waals surface area contributed by atoms with Crippen molar-refractivity contribution in [2.45, 2.75) is 0 Å². The molecule has 0 aliphatic rings. The lowest BCUT2D eigenvalue weighted by molar-refractivity contribution is 1.02. The molecule has 0 aliphatic carbocycles. The first-order valence-corrected chi connectivity index (χ1v) is 17.6. The average molecular weight is 664 g/mol. The van der Waals surface area contributed by atoms with Crippen molar-refractivity contribution in [2.24, 2.45) is 0 Å². The van der Waals surface area contributed by atoms with Crippen molar-refractivity contribution in [3.8, 4) is 34.3 Å². The van der Waals surface area contributed by atoms with Crippen molar-refractivity contribution in [3.63, 3.8) is 0 Å². The van der Waals surface area contributed by atoms with Gasteiger partial charge in [0.2, 0.25) is 5.95 Å². The molecular weight excluding hydrogens is 635 g/mol. The third-order valence-electron chi connectivity index (χ3n) is 10.3. The zero-order chi connectivity index (χ0) is 34.2. The molecule has 8 aromatic carbocycles. The summed E-state index contributed by atoms with van der Waals surface area (Å²) < 4.78 is 4.54. The lowest BCUT2D eigenvalue weighted by atomic mass is 9.98. The van der Waals surface area contributed by atoms with Gasteiger partial charge >= 0.3 is 0 Å². The SMILES string of the molecule is c1ccc(-c2nc(-n3c4ccccc4c4ccc5c(ccc6ccc7c(nc(-c8ccccc8)n7-c7ccccc7)c65)c43)nc3ccccc23)cc1. The molecule has 242 valence electrons. The maximum absolute atomic E-state index is 5.45. The number of hydrogen-bond donors (Lipinski definition) is 0. The van der Waals surface area contributed by atoms with Crippen LogP contribution in [0.25, 0.3) is 99.6 Å². The molecule has 5 heteroatoms. The number of nitrogens with zero attached hydrogens (tertiary/aromatic N) is 5. The van der Waals surface area contributed by atoms with Crippen LogP contribution in [0.3, 0.4) is 0 Å².